The van der Waals surface area contributed by atoms with Gasteiger partial charge in [0.05, 0.1) is 35.3 Å². The highest BCUT2D eigenvalue weighted by atomic mass is 32.2. The van der Waals surface area contributed by atoms with Crippen molar-refractivity contribution in [2.24, 2.45) is 5.92 Å². The summed E-state index contributed by atoms with van der Waals surface area (Å²) in [4.78, 5) is 30.7. The number of carbonyl (C=O) groups is 2. The summed E-state index contributed by atoms with van der Waals surface area (Å²) in [7, 11) is -2.27. The van der Waals surface area contributed by atoms with E-state index in [9.17, 15) is 23.1 Å². The first-order valence-electron chi connectivity index (χ1n) is 16.6. The Morgan fingerprint density at radius 1 is 1.12 bits per heavy atom. The van der Waals surface area contributed by atoms with Crippen LogP contribution in [0.5, 0.6) is 5.75 Å². The average Bonchev–Trinajstić information content (AvgIpc) is 3.38. The highest BCUT2D eigenvalue weighted by Crippen LogP contribution is 2.30. The maximum absolute atomic E-state index is 14.4. The monoisotopic (exact) mass is 699 g/mol. The Hall–Kier alpha value is -4.14. The molecule has 4 rings (SSSR count). The second-order valence-corrected chi connectivity index (χ2v) is 14.6. The van der Waals surface area contributed by atoms with Crippen molar-refractivity contribution < 1.29 is 37.1 Å². The second-order valence-electron chi connectivity index (χ2n) is 12.9. The van der Waals surface area contributed by atoms with Crippen LogP contribution in [0.25, 0.3) is 0 Å². The zero-order chi connectivity index (χ0) is 35.9. The Kier molecular flexibility index (Phi) is 12.7. The van der Waals surface area contributed by atoms with Crippen molar-refractivity contribution in [1.82, 2.24) is 15.0 Å². The number of urea groups is 1. The highest BCUT2D eigenvalue weighted by molar-refractivity contribution is 7.92. The Labute approximate surface area is 289 Å². The van der Waals surface area contributed by atoms with Gasteiger partial charge in [-0.3, -0.25) is 9.52 Å². The van der Waals surface area contributed by atoms with Crippen LogP contribution in [-0.4, -0.2) is 92.0 Å². The number of amides is 3. The lowest BCUT2D eigenvalue weighted by Gasteiger charge is -2.35. The minimum atomic E-state index is -3.94. The molecule has 14 heteroatoms. The lowest BCUT2D eigenvalue weighted by molar-refractivity contribution is -0.0115. The molecule has 0 aliphatic carbocycles. The van der Waals surface area contributed by atoms with Crippen molar-refractivity contribution >= 4 is 33.3 Å². The van der Waals surface area contributed by atoms with Crippen LogP contribution in [0.15, 0.2) is 51.9 Å². The fraction of sp³-hybridized carbons (Fsp3) is 0.514. The molecule has 2 heterocycles. The van der Waals surface area contributed by atoms with Crippen molar-refractivity contribution in [2.75, 3.05) is 43.4 Å². The van der Waals surface area contributed by atoms with E-state index in [1.807, 2.05) is 20.8 Å². The maximum atomic E-state index is 14.4. The molecule has 0 spiro atoms. The number of aryl methyl sites for hydroxylation is 3. The van der Waals surface area contributed by atoms with Gasteiger partial charge in [-0.1, -0.05) is 29.8 Å². The van der Waals surface area contributed by atoms with E-state index in [-0.39, 0.29) is 53.9 Å². The number of aliphatic hydroxyl groups excluding tert-OH is 1. The molecule has 3 amide bonds. The minimum Gasteiger partial charge on any atom is -0.490 e. The second kappa shape index (κ2) is 16.5. The van der Waals surface area contributed by atoms with Gasteiger partial charge in [0, 0.05) is 38.3 Å². The predicted molar refractivity (Wildman–Crippen MR) is 186 cm³/mol. The van der Waals surface area contributed by atoms with Gasteiger partial charge in [0.15, 0.2) is 5.76 Å². The molecule has 3 N–H and O–H groups in total. The van der Waals surface area contributed by atoms with Gasteiger partial charge >= 0.3 is 6.03 Å². The van der Waals surface area contributed by atoms with E-state index in [2.05, 4.69) is 15.2 Å². The van der Waals surface area contributed by atoms with Crippen molar-refractivity contribution in [2.45, 2.75) is 84.0 Å². The third kappa shape index (κ3) is 9.73. The number of aromatic nitrogens is 1. The normalized spacial score (nSPS) is 20.0. The largest absolute Gasteiger partial charge is 0.490 e. The topological polar surface area (TPSA) is 164 Å². The molecule has 0 bridgehead atoms. The number of nitrogens with zero attached hydrogens (tertiary/aromatic N) is 3. The molecule has 13 nitrogen and oxygen atoms in total. The van der Waals surface area contributed by atoms with Crippen LogP contribution in [0.2, 0.25) is 0 Å². The van der Waals surface area contributed by atoms with Crippen LogP contribution < -0.4 is 14.8 Å². The number of nitrogens with one attached hydrogen (secondary N) is 2. The van der Waals surface area contributed by atoms with Crippen LogP contribution in [-0.2, 0) is 14.8 Å². The van der Waals surface area contributed by atoms with Crippen molar-refractivity contribution in [1.29, 1.82) is 0 Å². The third-order valence-electron chi connectivity index (χ3n) is 8.70. The molecule has 49 heavy (non-hydrogen) atoms. The first-order valence-corrected chi connectivity index (χ1v) is 18.1. The third-order valence-corrected chi connectivity index (χ3v) is 10.1. The summed E-state index contributed by atoms with van der Waals surface area (Å²) in [5.41, 5.74) is 2.37. The van der Waals surface area contributed by atoms with E-state index in [4.69, 9.17) is 14.0 Å². The van der Waals surface area contributed by atoms with Gasteiger partial charge in [0.1, 0.15) is 17.1 Å². The summed E-state index contributed by atoms with van der Waals surface area (Å²) in [6.45, 7) is 11.5. The molecule has 0 fully saturated rings. The zero-order valence-electron chi connectivity index (χ0n) is 29.4. The Bertz CT molecular complexity index is 1670. The number of hydrogen-bond donors (Lipinski definition) is 3. The SMILES string of the molecule is Cc1ccc(S(=O)(=O)Nc2ccc3c(c2)C(=O)N([C@@H](C)CO)C[C@H](C)[C@H](CN(C)C(=O)Nc2c(C)noc2C)OCCCC[C@H](C)O3)cc1. The number of sulfonamides is 1. The van der Waals surface area contributed by atoms with Crippen LogP contribution in [0.1, 0.15) is 67.4 Å². The first kappa shape index (κ1) is 37.7. The molecule has 2 aromatic carbocycles. The Balaban J connectivity index is 1.63. The summed E-state index contributed by atoms with van der Waals surface area (Å²) >= 11 is 0. The van der Waals surface area contributed by atoms with Gasteiger partial charge in [-0.15, -0.1) is 0 Å². The van der Waals surface area contributed by atoms with Gasteiger partial charge in [0.2, 0.25) is 0 Å². The van der Waals surface area contributed by atoms with Gasteiger partial charge in [-0.2, -0.15) is 0 Å². The molecule has 0 saturated carbocycles. The number of rotatable bonds is 8. The van der Waals surface area contributed by atoms with Gasteiger partial charge < -0.3 is 34.2 Å². The molecule has 4 atom stereocenters. The number of anilines is 2. The van der Waals surface area contributed by atoms with Crippen LogP contribution in [0.3, 0.4) is 0 Å². The number of benzene rings is 2. The predicted octanol–water partition coefficient (Wildman–Crippen LogP) is 5.36. The number of likely N-dealkylation sites (N-methyl/N-ethyl adjacent to an activating group) is 1. The van der Waals surface area contributed by atoms with Gasteiger partial charge in [-0.05, 0) is 84.2 Å². The van der Waals surface area contributed by atoms with Crippen LogP contribution in [0, 0.1) is 26.7 Å². The summed E-state index contributed by atoms with van der Waals surface area (Å²) < 4.78 is 46.8. The van der Waals surface area contributed by atoms with Gasteiger partial charge in [0.25, 0.3) is 15.9 Å². The molecular weight excluding hydrogens is 650 g/mol. The van der Waals surface area contributed by atoms with Gasteiger partial charge in [-0.25, -0.2) is 13.2 Å². The smallest absolute Gasteiger partial charge is 0.321 e. The van der Waals surface area contributed by atoms with E-state index in [1.165, 1.54) is 23.1 Å². The number of aliphatic hydroxyl groups is 1. The van der Waals surface area contributed by atoms with E-state index in [1.54, 1.807) is 57.0 Å². The lowest BCUT2D eigenvalue weighted by Crippen LogP contribution is -2.48. The maximum Gasteiger partial charge on any atom is 0.321 e. The highest BCUT2D eigenvalue weighted by Gasteiger charge is 2.31. The average molecular weight is 700 g/mol. The van der Waals surface area contributed by atoms with E-state index in [0.29, 0.717) is 35.9 Å². The van der Waals surface area contributed by atoms with E-state index >= 15 is 0 Å². The molecule has 0 saturated heterocycles. The lowest BCUT2D eigenvalue weighted by atomic mass is 10.0. The molecule has 1 aliphatic heterocycles. The summed E-state index contributed by atoms with van der Waals surface area (Å²) in [6.07, 6.45) is 1.55. The summed E-state index contributed by atoms with van der Waals surface area (Å²) in [5.74, 6) is 0.104. The number of fused-ring (bicyclic) bond motifs is 1. The molecule has 0 radical (unpaired) electrons. The molecular formula is C35H49N5O8S. The molecule has 1 aromatic heterocycles. The van der Waals surface area contributed by atoms with Crippen LogP contribution >= 0.6 is 0 Å². The van der Waals surface area contributed by atoms with Crippen molar-refractivity contribution in [3.8, 4) is 5.75 Å². The number of ether oxygens (including phenoxy) is 2. The minimum absolute atomic E-state index is 0.0927. The summed E-state index contributed by atoms with van der Waals surface area (Å²) in [5, 5.41) is 17.0. The fourth-order valence-electron chi connectivity index (χ4n) is 5.60. The van der Waals surface area contributed by atoms with Crippen molar-refractivity contribution in [3.63, 3.8) is 0 Å². The summed E-state index contributed by atoms with van der Waals surface area (Å²) in [6, 6.07) is 10.2. The van der Waals surface area contributed by atoms with Crippen LogP contribution in [0.4, 0.5) is 16.2 Å². The fourth-order valence-corrected chi connectivity index (χ4v) is 6.65. The van der Waals surface area contributed by atoms with Crippen molar-refractivity contribution in [3.05, 3.63) is 65.0 Å². The quantitative estimate of drug-likeness (QED) is 0.281. The number of hydrogen-bond acceptors (Lipinski definition) is 9. The zero-order valence-corrected chi connectivity index (χ0v) is 30.2. The standard InChI is InChI=1S/C35H49N5O8S/c1-22-11-14-29(15-12-22)49(44,45)38-28-13-16-31-30(18-28)34(42)40(24(3)21-41)19-23(2)32(46-17-9-8-10-25(4)47-31)20-39(7)35(43)36-33-26(5)37-48-27(33)6/h11-16,18,23-25,32,38,41H,8-10,17,19-21H2,1-7H3,(H,36,43)/t23-,24-,25-,32-/m0/s1. The van der Waals surface area contributed by atoms with E-state index in [0.717, 1.165) is 18.4 Å². The molecule has 0 unspecified atom stereocenters. The Morgan fingerprint density at radius 3 is 2.49 bits per heavy atom. The Morgan fingerprint density at radius 2 is 1.84 bits per heavy atom. The number of carbonyl (C=O) groups excluding carboxylic acids is 2. The molecule has 3 aromatic rings. The molecule has 1 aliphatic rings. The first-order chi connectivity index (χ1) is 23.2. The molecule has 268 valence electrons. The van der Waals surface area contributed by atoms with E-state index < -0.39 is 28.1 Å².